The number of aromatic nitrogens is 19. The molecule has 0 N–H and O–H groups in total. The number of pyridine rings is 1. The number of benzene rings is 4. The van der Waals surface area contributed by atoms with Gasteiger partial charge in [-0.25, -0.2) is 58.5 Å². The molecule has 22 rings (SSSR count). The summed E-state index contributed by atoms with van der Waals surface area (Å²) in [6.07, 6.45) is 17.5. The van der Waals surface area contributed by atoms with Gasteiger partial charge in [0.2, 0.25) is 0 Å². The number of hydrogen-bond acceptors (Lipinski definition) is 29. The van der Waals surface area contributed by atoms with Crippen molar-refractivity contribution in [2.24, 2.45) is 11.8 Å². The molecule has 35 nitrogen and oxygen atoms in total. The van der Waals surface area contributed by atoms with E-state index in [9.17, 15) is 23.6 Å². The Morgan fingerprint density at radius 3 is 1.46 bits per heavy atom. The summed E-state index contributed by atoms with van der Waals surface area (Å²) in [5.41, 5.74) is 10.6. The van der Waals surface area contributed by atoms with E-state index in [0.29, 0.717) is 88.7 Å². The minimum Gasteiger partial charge on any atom is -0.497 e. The lowest BCUT2D eigenvalue weighted by Gasteiger charge is -2.35. The monoisotopic (exact) mass is 1820 g/mol. The highest BCUT2D eigenvalue weighted by atomic mass is 32.1. The fourth-order valence-corrected chi connectivity index (χ4v) is 21.8. The Bertz CT molecular complexity index is 6850. The van der Waals surface area contributed by atoms with Gasteiger partial charge in [-0.1, -0.05) is 53.8 Å². The zero-order valence-corrected chi connectivity index (χ0v) is 76.1. The molecule has 131 heavy (non-hydrogen) atoms. The van der Waals surface area contributed by atoms with Gasteiger partial charge in [0, 0.05) is 121 Å². The SMILES string of the molecule is COc1ccc(Cn2c(=O)n3ncnc3c3c4c(sc32)CN(CC2CCOCC2)CC4)c(F)c1.COc1ccc(Cn2c(=O)n3ncnc3c3c4c(sc32)N(CC2CCOCC2)CCC4)cc1.COc1ccc(Cn2c(=O)n3ncnc3c3cc(CN4C[C@@H](C)O[C@@H](C)C4)cnc32)cc1.COc1ccc(Cn2c(=O)n3ncnc3c3nc(CN4C[C@@H](C)O[C@@H](C)C4)cnc32)cc1. The minimum atomic E-state index is -0.401. The summed E-state index contributed by atoms with van der Waals surface area (Å²) in [4.78, 5) is 97.5. The van der Waals surface area contributed by atoms with E-state index in [1.54, 1.807) is 76.0 Å². The van der Waals surface area contributed by atoms with Crippen LogP contribution in [0.25, 0.3) is 65.2 Å². The van der Waals surface area contributed by atoms with Gasteiger partial charge in [0.05, 0.1) is 112 Å². The van der Waals surface area contributed by atoms with Crippen LogP contribution in [0.15, 0.2) is 154 Å². The van der Waals surface area contributed by atoms with Gasteiger partial charge in [0.15, 0.2) is 33.8 Å². The molecule has 18 heterocycles. The van der Waals surface area contributed by atoms with E-state index < -0.39 is 5.82 Å². The van der Waals surface area contributed by atoms with Crippen molar-refractivity contribution in [1.82, 2.24) is 106 Å². The number of thiophene rings is 2. The molecule has 6 aliphatic rings. The van der Waals surface area contributed by atoms with E-state index in [1.807, 2.05) is 83.6 Å². The molecule has 0 amide bonds. The van der Waals surface area contributed by atoms with Crippen LogP contribution in [0.1, 0.15) is 109 Å². The number of nitrogens with zero attached hydrogens (tertiary/aromatic N) is 23. The highest BCUT2D eigenvalue weighted by Gasteiger charge is 2.33. The van der Waals surface area contributed by atoms with Gasteiger partial charge in [-0.3, -0.25) is 33.0 Å². The topological polar surface area (TPSA) is 334 Å². The maximum atomic E-state index is 14.8. The van der Waals surface area contributed by atoms with Crippen molar-refractivity contribution in [3.63, 3.8) is 0 Å². The van der Waals surface area contributed by atoms with Crippen molar-refractivity contribution < 1.29 is 42.3 Å². The van der Waals surface area contributed by atoms with Crippen molar-refractivity contribution >= 4 is 92.9 Å². The van der Waals surface area contributed by atoms with E-state index in [4.69, 9.17) is 47.9 Å². The summed E-state index contributed by atoms with van der Waals surface area (Å²) in [6, 6.07) is 29.9. The Balaban J connectivity index is 0.000000113. The maximum absolute atomic E-state index is 14.8. The molecule has 4 fully saturated rings. The first-order chi connectivity index (χ1) is 63.9. The second-order valence-electron chi connectivity index (χ2n) is 34.5. The molecule has 4 saturated heterocycles. The maximum Gasteiger partial charge on any atom is 0.352 e. The lowest BCUT2D eigenvalue weighted by molar-refractivity contribution is -0.0709. The van der Waals surface area contributed by atoms with Crippen molar-refractivity contribution in [2.45, 2.75) is 143 Å². The average molecular weight is 1820 g/mol. The number of anilines is 1. The molecule has 0 aliphatic carbocycles. The van der Waals surface area contributed by atoms with E-state index in [2.05, 4.69) is 98.7 Å². The third-order valence-corrected chi connectivity index (χ3v) is 27.8. The molecule has 12 aromatic heterocycles. The van der Waals surface area contributed by atoms with Crippen LogP contribution in [-0.2, 0) is 77.6 Å². The van der Waals surface area contributed by atoms with E-state index in [0.717, 1.165) is 208 Å². The smallest absolute Gasteiger partial charge is 0.352 e. The standard InChI is InChI=1S/C24H26FN5O3S.C24H27N5O3S.C23H26N6O3.C22H25N7O3/c1-32-17-3-2-16(19(25)10-17)12-29-23-21(22-26-14-27-30(22)24(29)31)18-4-7-28(13-20(18)34-23)11-15-5-8-33-9-6-15;1-31-18-6-4-16(5-7-18)14-28-23-20(21-25-15-26-29(21)24(28)30)19-3-2-10-27(22(19)33-23)13-17-8-11-32-12-9-17;1-15-10-27(11-16(2)32-15)12-18-8-20-21(24-9-18)28(23(30)29-22(20)25-14-26-29)13-17-4-6-19(31-3)7-5-17;1-14-9-27(10-15(2)32-14)12-17-8-23-20-19(26-17)21-24-13-25-29(21)22(30)28(20)11-16-4-6-18(31-3)7-5-16/h2-3,10,14-15H,4-9,11-13H2,1H3;4-7,15,17H,2-3,8-14H2,1H3;4-9,14-16H,10-13H2,1-3H3;4-8,13-15H,9-12H2,1-3H3/t;;15-,16+;14-,15+. The third-order valence-electron chi connectivity index (χ3n) is 25.2. The minimum absolute atomic E-state index is 0.117. The Kier molecular flexibility index (Phi) is 25.9. The Hall–Kier alpha value is -12.4. The zero-order valence-electron chi connectivity index (χ0n) is 74.4. The Labute approximate surface area is 759 Å². The van der Waals surface area contributed by atoms with Gasteiger partial charge in [0.1, 0.15) is 69.4 Å². The number of morpholine rings is 2. The largest absolute Gasteiger partial charge is 0.497 e. The van der Waals surface area contributed by atoms with Crippen LogP contribution in [0, 0.1) is 17.7 Å². The average Bonchev–Trinajstić information content (AvgIpc) is 1.50. The molecule has 4 aromatic carbocycles. The molecule has 0 radical (unpaired) electrons. The van der Waals surface area contributed by atoms with Crippen molar-refractivity contribution in [3.05, 3.63) is 232 Å². The second kappa shape index (κ2) is 38.6. The summed E-state index contributed by atoms with van der Waals surface area (Å²) in [6.45, 7) is 22.9. The summed E-state index contributed by atoms with van der Waals surface area (Å²) < 4.78 is 70.5. The van der Waals surface area contributed by atoms with Crippen LogP contribution in [0.3, 0.4) is 0 Å². The highest BCUT2D eigenvalue weighted by molar-refractivity contribution is 7.23. The molecule has 0 saturated carbocycles. The molecule has 6 aliphatic heterocycles. The zero-order chi connectivity index (χ0) is 90.1. The molecular weight excluding hydrogens is 1710 g/mol. The predicted octanol–water partition coefficient (Wildman–Crippen LogP) is 10.0. The Morgan fingerprint density at radius 2 is 0.901 bits per heavy atom. The van der Waals surface area contributed by atoms with E-state index >= 15 is 0 Å². The van der Waals surface area contributed by atoms with Crippen molar-refractivity contribution in [3.8, 4) is 23.0 Å². The van der Waals surface area contributed by atoms with Crippen molar-refractivity contribution in [1.29, 1.82) is 0 Å². The Morgan fingerprint density at radius 1 is 0.435 bits per heavy atom. The van der Waals surface area contributed by atoms with Crippen LogP contribution >= 0.6 is 22.7 Å². The summed E-state index contributed by atoms with van der Waals surface area (Å²) in [5.74, 6) is 3.71. The summed E-state index contributed by atoms with van der Waals surface area (Å²) in [5, 5.41) is 20.9. The highest BCUT2D eigenvalue weighted by Crippen LogP contribution is 2.44. The first-order valence-electron chi connectivity index (χ1n) is 44.5. The molecule has 38 heteroatoms. The fourth-order valence-electron chi connectivity index (χ4n) is 19.0. The lowest BCUT2D eigenvalue weighted by Crippen LogP contribution is -2.45. The summed E-state index contributed by atoms with van der Waals surface area (Å²) in [7, 11) is 6.41. The van der Waals surface area contributed by atoms with Gasteiger partial charge in [-0.2, -0.15) is 38.5 Å². The van der Waals surface area contributed by atoms with Crippen LogP contribution in [-0.4, -0.2) is 238 Å². The van der Waals surface area contributed by atoms with Crippen LogP contribution in [0.4, 0.5) is 9.39 Å². The molecule has 4 atom stereocenters. The first-order valence-corrected chi connectivity index (χ1v) is 46.1. The van der Waals surface area contributed by atoms with E-state index in [1.165, 1.54) is 77.6 Å². The van der Waals surface area contributed by atoms with Gasteiger partial charge in [0.25, 0.3) is 0 Å². The number of hydrogen-bond donors (Lipinski definition) is 0. The number of rotatable bonds is 20. The second-order valence-corrected chi connectivity index (χ2v) is 36.6. The lowest BCUT2D eigenvalue weighted by atomic mass is 9.98. The molecular formula is C93H104FN23O12S2. The van der Waals surface area contributed by atoms with Gasteiger partial charge in [-0.05, 0) is 166 Å². The van der Waals surface area contributed by atoms with Crippen LogP contribution in [0.5, 0.6) is 23.0 Å². The van der Waals surface area contributed by atoms with Crippen molar-refractivity contribution in [2.75, 3.05) is 112 Å². The first kappa shape index (κ1) is 87.9. The van der Waals surface area contributed by atoms with E-state index in [-0.39, 0.29) is 53.7 Å². The molecule has 16 aromatic rings. The fraction of sp³-hybridized carbons (Fsp3) is 0.430. The summed E-state index contributed by atoms with van der Waals surface area (Å²) >= 11 is 3.36. The quantitative estimate of drug-likeness (QED) is 0.0684. The van der Waals surface area contributed by atoms with Gasteiger partial charge >= 0.3 is 22.8 Å². The predicted molar refractivity (Wildman–Crippen MR) is 494 cm³/mol. The van der Waals surface area contributed by atoms with Crippen LogP contribution in [0.2, 0.25) is 0 Å². The normalized spacial score (nSPS) is 18.4. The van der Waals surface area contributed by atoms with Gasteiger partial charge < -0.3 is 42.8 Å². The number of fused-ring (bicyclic) bond motifs is 16. The third kappa shape index (κ3) is 18.5. The molecule has 0 unspecified atom stereocenters. The number of methoxy groups -OCH3 is 4. The molecule has 0 bridgehead atoms. The molecule has 682 valence electrons. The van der Waals surface area contributed by atoms with Gasteiger partial charge in [-0.15, -0.1) is 11.3 Å². The number of halogens is 1. The number of ether oxygens (including phenoxy) is 8. The molecule has 0 spiro atoms. The van der Waals surface area contributed by atoms with Crippen LogP contribution < -0.4 is 46.6 Å². The number of aryl methyl sites for hydroxylation is 1.